The number of rotatable bonds is 0. The summed E-state index contributed by atoms with van der Waals surface area (Å²) in [4.78, 5) is 0. The van der Waals surface area contributed by atoms with Gasteiger partial charge in [-0.1, -0.05) is 18.1 Å². The van der Waals surface area contributed by atoms with Crippen LogP contribution in [0.5, 0.6) is 0 Å². The molecule has 1 rings (SSSR count). The molecule has 0 amide bonds. The second-order valence-electron chi connectivity index (χ2n) is 3.34. The summed E-state index contributed by atoms with van der Waals surface area (Å²) in [6, 6.07) is 0. The molecule has 11 heavy (non-hydrogen) atoms. The van der Waals surface area contributed by atoms with E-state index in [1.165, 1.54) is 11.1 Å². The second kappa shape index (κ2) is 3.68. The Hall–Kier alpha value is 0.116. The van der Waals surface area contributed by atoms with Gasteiger partial charge in [-0.25, -0.2) is 0 Å². The molecule has 1 heteroatoms. The summed E-state index contributed by atoms with van der Waals surface area (Å²) in [7, 11) is 0. The van der Waals surface area contributed by atoms with Crippen LogP contribution in [0.25, 0.3) is 0 Å². The number of allylic oxidation sites excluding steroid dienone is 4. The Morgan fingerprint density at radius 1 is 0.818 bits per heavy atom. The molecule has 0 spiro atoms. The molecule has 0 nitrogen and oxygen atoms in total. The van der Waals surface area contributed by atoms with Crippen LogP contribution in [-0.4, -0.2) is 0 Å². The van der Waals surface area contributed by atoms with Crippen molar-refractivity contribution in [2.45, 2.75) is 34.6 Å². The van der Waals surface area contributed by atoms with E-state index in [9.17, 15) is 0 Å². The molecule has 0 atom stereocenters. The third-order valence-electron chi connectivity index (χ3n) is 3.04. The van der Waals surface area contributed by atoms with Gasteiger partial charge in [0, 0.05) is 19.8 Å². The molecule has 0 radical (unpaired) electrons. The van der Waals surface area contributed by atoms with Gasteiger partial charge in [-0.2, -0.15) is 0 Å². The van der Waals surface area contributed by atoms with E-state index in [1.54, 1.807) is 11.1 Å². The van der Waals surface area contributed by atoms with E-state index < -0.39 is 0 Å². The van der Waals surface area contributed by atoms with Crippen LogP contribution in [0.15, 0.2) is 22.3 Å². The first-order valence-corrected chi connectivity index (χ1v) is 3.90. The third-order valence-corrected chi connectivity index (χ3v) is 3.04. The summed E-state index contributed by atoms with van der Waals surface area (Å²) < 4.78 is 0. The average molecular weight is 326 g/mol. The van der Waals surface area contributed by atoms with E-state index in [0.29, 0.717) is 5.92 Å². The van der Waals surface area contributed by atoms with E-state index in [0.717, 1.165) is 0 Å². The quantitative estimate of drug-likeness (QED) is 0.641. The Labute approximate surface area is 82.8 Å². The third kappa shape index (κ3) is 1.65. The Bertz CT molecular complexity index is 197. The minimum atomic E-state index is 0. The first-order chi connectivity index (χ1) is 4.55. The van der Waals surface area contributed by atoms with Crippen LogP contribution in [0.1, 0.15) is 34.6 Å². The molecule has 0 aromatic heterocycles. The second-order valence-corrected chi connectivity index (χ2v) is 3.34. The average Bonchev–Trinajstić information content (AvgIpc) is 2.07. The SMILES string of the molecule is CC1=C(C)C(C)C(C)=C1C.[Os]. The van der Waals surface area contributed by atoms with Crippen LogP contribution >= 0.6 is 0 Å². The van der Waals surface area contributed by atoms with E-state index in [-0.39, 0.29) is 19.8 Å². The maximum Gasteiger partial charge on any atom is 0 e. The van der Waals surface area contributed by atoms with Gasteiger partial charge in [0.2, 0.25) is 0 Å². The van der Waals surface area contributed by atoms with Crippen LogP contribution in [0.4, 0.5) is 0 Å². The molecule has 0 aromatic carbocycles. The molecular weight excluding hydrogens is 310 g/mol. The first kappa shape index (κ1) is 11.1. The maximum atomic E-state index is 2.28. The Morgan fingerprint density at radius 2 is 1.09 bits per heavy atom. The predicted octanol–water partition coefficient (Wildman–Crippen LogP) is 3.31. The molecule has 0 heterocycles. The van der Waals surface area contributed by atoms with Gasteiger partial charge in [0.1, 0.15) is 0 Å². The summed E-state index contributed by atoms with van der Waals surface area (Å²) in [5, 5.41) is 0. The molecule has 0 aromatic rings. The molecule has 0 saturated heterocycles. The van der Waals surface area contributed by atoms with Crippen molar-refractivity contribution in [1.82, 2.24) is 0 Å². The monoisotopic (exact) mass is 328 g/mol. The normalized spacial score (nSPS) is 19.4. The molecule has 0 bridgehead atoms. The van der Waals surface area contributed by atoms with Crippen molar-refractivity contribution in [2.75, 3.05) is 0 Å². The topological polar surface area (TPSA) is 0 Å². The molecule has 0 N–H and O–H groups in total. The van der Waals surface area contributed by atoms with Gasteiger partial charge >= 0.3 is 0 Å². The fourth-order valence-corrected chi connectivity index (χ4v) is 1.57. The summed E-state index contributed by atoms with van der Waals surface area (Å²) in [5.41, 5.74) is 6.11. The number of hydrogen-bond donors (Lipinski definition) is 0. The van der Waals surface area contributed by atoms with E-state index in [1.807, 2.05) is 0 Å². The van der Waals surface area contributed by atoms with Crippen molar-refractivity contribution in [3.63, 3.8) is 0 Å². The van der Waals surface area contributed by atoms with Gasteiger partial charge < -0.3 is 0 Å². The van der Waals surface area contributed by atoms with Crippen LogP contribution in [-0.2, 0) is 19.8 Å². The molecule has 64 valence electrons. The van der Waals surface area contributed by atoms with Crippen molar-refractivity contribution in [3.05, 3.63) is 22.3 Å². The van der Waals surface area contributed by atoms with Crippen LogP contribution in [0, 0.1) is 5.92 Å². The smallest absolute Gasteiger partial charge is 0 e. The first-order valence-electron chi connectivity index (χ1n) is 3.90. The molecule has 1 aliphatic rings. The zero-order valence-corrected chi connectivity index (χ0v) is 10.5. The zero-order chi connectivity index (χ0) is 7.89. The summed E-state index contributed by atoms with van der Waals surface area (Å²) in [5.74, 6) is 0.694. The summed E-state index contributed by atoms with van der Waals surface area (Å²) in [6.07, 6.45) is 0. The van der Waals surface area contributed by atoms with Gasteiger partial charge in [0.05, 0.1) is 0 Å². The summed E-state index contributed by atoms with van der Waals surface area (Å²) >= 11 is 0. The Balaban J connectivity index is 0.000001000. The van der Waals surface area contributed by atoms with Gasteiger partial charge in [-0.15, -0.1) is 0 Å². The molecule has 0 unspecified atom stereocenters. The van der Waals surface area contributed by atoms with Gasteiger partial charge in [-0.05, 0) is 44.8 Å². The zero-order valence-electron chi connectivity index (χ0n) is 7.93. The van der Waals surface area contributed by atoms with Gasteiger partial charge in [0.25, 0.3) is 0 Å². The van der Waals surface area contributed by atoms with Crippen LogP contribution in [0.2, 0.25) is 0 Å². The van der Waals surface area contributed by atoms with Crippen molar-refractivity contribution >= 4 is 0 Å². The van der Waals surface area contributed by atoms with Crippen LogP contribution < -0.4 is 0 Å². The fourth-order valence-electron chi connectivity index (χ4n) is 1.57. The molecule has 0 fully saturated rings. The van der Waals surface area contributed by atoms with E-state index in [2.05, 4.69) is 34.6 Å². The Morgan fingerprint density at radius 3 is 1.18 bits per heavy atom. The largest absolute Gasteiger partial charge is 0.0632 e. The van der Waals surface area contributed by atoms with E-state index in [4.69, 9.17) is 0 Å². The molecule has 0 saturated carbocycles. The van der Waals surface area contributed by atoms with Crippen LogP contribution in [0.3, 0.4) is 0 Å². The molecule has 0 aliphatic heterocycles. The minimum Gasteiger partial charge on any atom is -0.0632 e. The van der Waals surface area contributed by atoms with Crippen molar-refractivity contribution < 1.29 is 19.8 Å². The predicted molar refractivity (Wildman–Crippen MR) is 45.9 cm³/mol. The standard InChI is InChI=1S/C10H16.Os/c1-6-7(2)9(4)10(5)8(6)3;/h6H,1-5H3;. The maximum absolute atomic E-state index is 2.28. The van der Waals surface area contributed by atoms with Crippen molar-refractivity contribution in [1.29, 1.82) is 0 Å². The molecular formula is C10H16Os. The van der Waals surface area contributed by atoms with Gasteiger partial charge in [-0.3, -0.25) is 0 Å². The summed E-state index contributed by atoms with van der Waals surface area (Å²) in [6.45, 7) is 11.2. The van der Waals surface area contributed by atoms with Crippen molar-refractivity contribution in [3.8, 4) is 0 Å². The number of hydrogen-bond acceptors (Lipinski definition) is 0. The van der Waals surface area contributed by atoms with Crippen molar-refractivity contribution in [2.24, 2.45) is 5.92 Å². The fraction of sp³-hybridized carbons (Fsp3) is 0.600. The molecule has 1 aliphatic carbocycles. The van der Waals surface area contributed by atoms with Gasteiger partial charge in [0.15, 0.2) is 0 Å². The minimum absolute atomic E-state index is 0. The Kier molecular flexibility index (Phi) is 3.72. The van der Waals surface area contributed by atoms with E-state index >= 15 is 0 Å².